The molecule has 2 aromatic rings. The minimum Gasteiger partial charge on any atom is -0.484 e. The van der Waals surface area contributed by atoms with Gasteiger partial charge in [0.2, 0.25) is 0 Å². The fourth-order valence-electron chi connectivity index (χ4n) is 1.98. The summed E-state index contributed by atoms with van der Waals surface area (Å²) in [5.41, 5.74) is 1.72. The van der Waals surface area contributed by atoms with Crippen LogP contribution in [0.25, 0.3) is 0 Å². The summed E-state index contributed by atoms with van der Waals surface area (Å²) < 4.78 is 10.0. The van der Waals surface area contributed by atoms with Gasteiger partial charge < -0.3 is 14.8 Å². The lowest BCUT2D eigenvalue weighted by atomic mass is 10.2. The molecule has 24 heavy (non-hydrogen) atoms. The number of esters is 1. The van der Waals surface area contributed by atoms with Crippen molar-refractivity contribution in [3.8, 4) is 11.8 Å². The number of carbonyl (C=O) groups is 2. The molecule has 0 unspecified atom stereocenters. The van der Waals surface area contributed by atoms with Crippen molar-refractivity contribution >= 4 is 17.6 Å². The minimum atomic E-state index is -0.472. The van der Waals surface area contributed by atoms with Crippen LogP contribution < -0.4 is 10.1 Å². The molecular weight excluding hydrogens is 308 g/mol. The number of hydrogen-bond donors (Lipinski definition) is 1. The van der Waals surface area contributed by atoms with E-state index in [2.05, 4.69) is 16.1 Å². The van der Waals surface area contributed by atoms with Gasteiger partial charge in [0.25, 0.3) is 5.91 Å². The molecule has 122 valence electrons. The normalized spacial score (nSPS) is 9.67. The lowest BCUT2D eigenvalue weighted by Gasteiger charge is -2.08. The molecule has 0 heterocycles. The van der Waals surface area contributed by atoms with E-state index in [0.717, 1.165) is 5.56 Å². The lowest BCUT2D eigenvalue weighted by molar-refractivity contribution is -0.118. The Bertz CT molecular complexity index is 763. The van der Waals surface area contributed by atoms with E-state index >= 15 is 0 Å². The summed E-state index contributed by atoms with van der Waals surface area (Å²) in [4.78, 5) is 23.4. The summed E-state index contributed by atoms with van der Waals surface area (Å²) in [6.07, 6.45) is 0.331. The summed E-state index contributed by atoms with van der Waals surface area (Å²) in [6, 6.07) is 15.5. The van der Waals surface area contributed by atoms with Gasteiger partial charge in [0.05, 0.1) is 25.2 Å². The first-order valence-corrected chi connectivity index (χ1v) is 7.19. The highest BCUT2D eigenvalue weighted by atomic mass is 16.5. The molecule has 2 aromatic carbocycles. The van der Waals surface area contributed by atoms with Gasteiger partial charge in [-0.1, -0.05) is 18.2 Å². The molecule has 6 heteroatoms. The largest absolute Gasteiger partial charge is 0.484 e. The van der Waals surface area contributed by atoms with Gasteiger partial charge in [0.15, 0.2) is 6.61 Å². The molecule has 0 fully saturated rings. The monoisotopic (exact) mass is 324 g/mol. The van der Waals surface area contributed by atoms with Crippen LogP contribution in [0.4, 0.5) is 5.69 Å². The van der Waals surface area contributed by atoms with Crippen molar-refractivity contribution in [3.63, 3.8) is 0 Å². The number of hydrogen-bond acceptors (Lipinski definition) is 5. The third-order valence-corrected chi connectivity index (χ3v) is 3.14. The molecule has 6 nitrogen and oxygen atoms in total. The second kappa shape index (κ2) is 8.34. The molecule has 2 rings (SSSR count). The maximum absolute atomic E-state index is 11.9. The number of nitrogens with one attached hydrogen (secondary N) is 1. The number of anilines is 1. The van der Waals surface area contributed by atoms with Gasteiger partial charge >= 0.3 is 5.97 Å². The number of nitriles is 1. The first kappa shape index (κ1) is 17.0. The number of carbonyl (C=O) groups excluding carboxylic acids is 2. The van der Waals surface area contributed by atoms with E-state index in [9.17, 15) is 9.59 Å². The van der Waals surface area contributed by atoms with E-state index in [1.165, 1.54) is 13.2 Å². The van der Waals surface area contributed by atoms with Gasteiger partial charge in [-0.15, -0.1) is 0 Å². The summed E-state index contributed by atoms with van der Waals surface area (Å²) in [5, 5.41) is 11.3. The van der Waals surface area contributed by atoms with Gasteiger partial charge in [-0.05, 0) is 35.9 Å². The smallest absolute Gasteiger partial charge is 0.337 e. The minimum absolute atomic E-state index is 0.167. The van der Waals surface area contributed by atoms with Crippen LogP contribution in [-0.4, -0.2) is 25.6 Å². The van der Waals surface area contributed by atoms with Gasteiger partial charge in [-0.25, -0.2) is 4.79 Å². The Hall–Kier alpha value is -3.33. The Morgan fingerprint density at radius 3 is 2.58 bits per heavy atom. The first-order valence-electron chi connectivity index (χ1n) is 7.19. The van der Waals surface area contributed by atoms with Crippen molar-refractivity contribution in [1.29, 1.82) is 5.26 Å². The number of amides is 1. The predicted octanol–water partition coefficient (Wildman–Crippen LogP) is 2.56. The zero-order valence-electron chi connectivity index (χ0n) is 13.1. The van der Waals surface area contributed by atoms with E-state index in [4.69, 9.17) is 10.00 Å². The van der Waals surface area contributed by atoms with Crippen molar-refractivity contribution in [3.05, 3.63) is 59.7 Å². The van der Waals surface area contributed by atoms with Crippen LogP contribution >= 0.6 is 0 Å². The number of benzene rings is 2. The Morgan fingerprint density at radius 2 is 1.92 bits per heavy atom. The molecule has 0 saturated carbocycles. The molecule has 0 aliphatic heterocycles. The van der Waals surface area contributed by atoms with Crippen LogP contribution in [0.1, 0.15) is 15.9 Å². The van der Waals surface area contributed by atoms with Crippen LogP contribution in [0.5, 0.6) is 5.75 Å². The molecule has 0 aliphatic rings. The zero-order chi connectivity index (χ0) is 17.4. The van der Waals surface area contributed by atoms with Crippen LogP contribution in [-0.2, 0) is 16.0 Å². The van der Waals surface area contributed by atoms with Gasteiger partial charge in [0.1, 0.15) is 5.75 Å². The fraction of sp³-hybridized carbons (Fsp3) is 0.167. The third-order valence-electron chi connectivity index (χ3n) is 3.14. The highest BCUT2D eigenvalue weighted by molar-refractivity contribution is 5.95. The standard InChI is InChI=1S/C18H16N2O4/c1-23-18(22)14-3-2-4-15(11-14)20-17(21)12-24-16-7-5-13(6-8-16)9-10-19/h2-8,11H,9,12H2,1H3,(H,20,21). The molecule has 1 amide bonds. The SMILES string of the molecule is COC(=O)c1cccc(NC(=O)COc2ccc(CC#N)cc2)c1. The van der Waals surface area contributed by atoms with Gasteiger partial charge in [-0.2, -0.15) is 5.26 Å². The van der Waals surface area contributed by atoms with E-state index in [1.807, 2.05) is 0 Å². The molecule has 0 spiro atoms. The summed E-state index contributed by atoms with van der Waals surface area (Å²) in [5.74, 6) is -0.284. The Kier molecular flexibility index (Phi) is 5.92. The zero-order valence-corrected chi connectivity index (χ0v) is 13.1. The maximum atomic E-state index is 11.9. The van der Waals surface area contributed by atoms with Gasteiger partial charge in [-0.3, -0.25) is 4.79 Å². The summed E-state index contributed by atoms with van der Waals surface area (Å²) >= 11 is 0. The van der Waals surface area contributed by atoms with Crippen molar-refractivity contribution in [2.45, 2.75) is 6.42 Å². The molecule has 0 aromatic heterocycles. The third kappa shape index (κ3) is 4.85. The fourth-order valence-corrected chi connectivity index (χ4v) is 1.98. The molecular formula is C18H16N2O4. The van der Waals surface area contributed by atoms with E-state index in [0.29, 0.717) is 23.4 Å². The number of nitrogens with zero attached hydrogens (tertiary/aromatic N) is 1. The average Bonchev–Trinajstić information content (AvgIpc) is 2.61. The van der Waals surface area contributed by atoms with Crippen LogP contribution in [0.2, 0.25) is 0 Å². The quantitative estimate of drug-likeness (QED) is 0.825. The highest BCUT2D eigenvalue weighted by Crippen LogP contribution is 2.14. The molecule has 0 bridgehead atoms. The summed E-state index contributed by atoms with van der Waals surface area (Å²) in [7, 11) is 1.29. The molecule has 0 aliphatic carbocycles. The van der Waals surface area contributed by atoms with Crippen molar-refractivity contribution in [2.24, 2.45) is 0 Å². The Morgan fingerprint density at radius 1 is 1.17 bits per heavy atom. The molecule has 0 radical (unpaired) electrons. The van der Waals surface area contributed by atoms with Crippen molar-refractivity contribution in [1.82, 2.24) is 0 Å². The van der Waals surface area contributed by atoms with E-state index < -0.39 is 5.97 Å². The Labute approximate surface area is 139 Å². The van der Waals surface area contributed by atoms with E-state index in [-0.39, 0.29) is 12.5 Å². The number of methoxy groups -OCH3 is 1. The number of ether oxygens (including phenoxy) is 2. The molecule has 0 saturated heterocycles. The van der Waals surface area contributed by atoms with Crippen LogP contribution in [0.15, 0.2) is 48.5 Å². The van der Waals surface area contributed by atoms with Crippen molar-refractivity contribution in [2.75, 3.05) is 19.0 Å². The summed E-state index contributed by atoms with van der Waals surface area (Å²) in [6.45, 7) is -0.167. The van der Waals surface area contributed by atoms with Crippen LogP contribution in [0.3, 0.4) is 0 Å². The highest BCUT2D eigenvalue weighted by Gasteiger charge is 2.08. The maximum Gasteiger partial charge on any atom is 0.337 e. The van der Waals surface area contributed by atoms with Crippen LogP contribution in [0, 0.1) is 11.3 Å². The Balaban J connectivity index is 1.89. The molecule has 1 N–H and O–H groups in total. The number of rotatable bonds is 6. The second-order valence-electron chi connectivity index (χ2n) is 4.89. The van der Waals surface area contributed by atoms with E-state index in [1.54, 1.807) is 42.5 Å². The first-order chi connectivity index (χ1) is 11.6. The molecule has 0 atom stereocenters. The second-order valence-corrected chi connectivity index (χ2v) is 4.89. The lowest BCUT2D eigenvalue weighted by Crippen LogP contribution is -2.20. The predicted molar refractivity (Wildman–Crippen MR) is 87.7 cm³/mol. The van der Waals surface area contributed by atoms with Gasteiger partial charge in [0, 0.05) is 5.69 Å². The topological polar surface area (TPSA) is 88.4 Å². The van der Waals surface area contributed by atoms with Crippen molar-refractivity contribution < 1.29 is 19.1 Å². The average molecular weight is 324 g/mol.